The zero-order valence-electron chi connectivity index (χ0n) is 11.8. The number of hydrogen-bond donors (Lipinski definition) is 0. The van der Waals surface area contributed by atoms with E-state index in [0.29, 0.717) is 23.0 Å². The topological polar surface area (TPSA) is 51.0 Å². The summed E-state index contributed by atoms with van der Waals surface area (Å²) >= 11 is 6.11. The molecule has 0 saturated heterocycles. The predicted octanol–water partition coefficient (Wildman–Crippen LogP) is 2.83. The summed E-state index contributed by atoms with van der Waals surface area (Å²) < 4.78 is 26.9. The standard InChI is InChI=1S/C14H13ClF2N4O/c1-8-2-3-9(10(15)6-8)14(22)20-4-5-21-11(7-20)18-19-13(21)12(16)17/h2-3,6,12H,4-5,7H2,1H3. The van der Waals surface area contributed by atoms with Crippen molar-refractivity contribution in [2.24, 2.45) is 0 Å². The first kappa shape index (κ1) is 14.9. The SMILES string of the molecule is Cc1ccc(C(=O)N2CCn3c(nnc3C(F)F)C2)c(Cl)c1. The van der Waals surface area contributed by atoms with E-state index >= 15 is 0 Å². The zero-order valence-corrected chi connectivity index (χ0v) is 12.5. The summed E-state index contributed by atoms with van der Waals surface area (Å²) in [6.45, 7) is 2.59. The van der Waals surface area contributed by atoms with Crippen molar-refractivity contribution >= 4 is 17.5 Å². The van der Waals surface area contributed by atoms with Crippen LogP contribution in [0.25, 0.3) is 0 Å². The lowest BCUT2D eigenvalue weighted by Gasteiger charge is -2.28. The number of aryl methyl sites for hydroxylation is 1. The van der Waals surface area contributed by atoms with Gasteiger partial charge in [-0.15, -0.1) is 10.2 Å². The van der Waals surface area contributed by atoms with Crippen LogP contribution in [-0.2, 0) is 13.1 Å². The number of aromatic nitrogens is 3. The molecule has 8 heteroatoms. The first-order valence-corrected chi connectivity index (χ1v) is 7.10. The molecule has 0 spiro atoms. The van der Waals surface area contributed by atoms with Gasteiger partial charge in [0.1, 0.15) is 0 Å². The van der Waals surface area contributed by atoms with Gasteiger partial charge in [0, 0.05) is 13.1 Å². The number of fused-ring (bicyclic) bond motifs is 1. The van der Waals surface area contributed by atoms with Gasteiger partial charge in [-0.2, -0.15) is 0 Å². The first-order valence-electron chi connectivity index (χ1n) is 6.73. The van der Waals surface area contributed by atoms with Crippen LogP contribution in [0.2, 0.25) is 5.02 Å². The number of nitrogens with zero attached hydrogens (tertiary/aromatic N) is 4. The molecule has 1 aliphatic rings. The molecule has 0 saturated carbocycles. The Morgan fingerprint density at radius 3 is 2.77 bits per heavy atom. The average molecular weight is 327 g/mol. The number of alkyl halides is 2. The van der Waals surface area contributed by atoms with E-state index in [0.717, 1.165) is 5.56 Å². The van der Waals surface area contributed by atoms with Crippen LogP contribution in [0.1, 0.15) is 34.0 Å². The Labute approximate surface area is 130 Å². The van der Waals surface area contributed by atoms with Crippen molar-refractivity contribution in [1.82, 2.24) is 19.7 Å². The minimum absolute atomic E-state index is 0.142. The van der Waals surface area contributed by atoms with Crippen LogP contribution in [0.15, 0.2) is 18.2 Å². The molecule has 1 amide bonds. The molecule has 3 rings (SSSR count). The van der Waals surface area contributed by atoms with Crippen molar-refractivity contribution in [3.63, 3.8) is 0 Å². The summed E-state index contributed by atoms with van der Waals surface area (Å²) in [5, 5.41) is 7.62. The van der Waals surface area contributed by atoms with Crippen LogP contribution in [0, 0.1) is 6.92 Å². The van der Waals surface area contributed by atoms with Gasteiger partial charge in [0.05, 0.1) is 17.1 Å². The molecule has 0 fully saturated rings. The summed E-state index contributed by atoms with van der Waals surface area (Å²) in [5.41, 5.74) is 1.36. The lowest BCUT2D eigenvalue weighted by atomic mass is 10.1. The van der Waals surface area contributed by atoms with Gasteiger partial charge in [0.2, 0.25) is 0 Å². The molecule has 116 valence electrons. The van der Waals surface area contributed by atoms with Crippen molar-refractivity contribution in [2.75, 3.05) is 6.54 Å². The number of hydrogen-bond acceptors (Lipinski definition) is 3. The normalized spacial score (nSPS) is 14.3. The van der Waals surface area contributed by atoms with Crippen LogP contribution in [0.3, 0.4) is 0 Å². The Morgan fingerprint density at radius 2 is 2.09 bits per heavy atom. The highest BCUT2D eigenvalue weighted by molar-refractivity contribution is 6.33. The average Bonchev–Trinajstić information content (AvgIpc) is 2.89. The van der Waals surface area contributed by atoms with Gasteiger partial charge in [0.15, 0.2) is 11.6 Å². The minimum Gasteiger partial charge on any atom is -0.329 e. The highest BCUT2D eigenvalue weighted by Gasteiger charge is 2.28. The number of carbonyl (C=O) groups excluding carboxylic acids is 1. The second kappa shape index (κ2) is 5.64. The molecule has 1 aromatic heterocycles. The molecule has 0 atom stereocenters. The molecule has 1 aromatic carbocycles. The third kappa shape index (κ3) is 2.56. The quantitative estimate of drug-likeness (QED) is 0.852. The third-order valence-electron chi connectivity index (χ3n) is 3.62. The van der Waals surface area contributed by atoms with Crippen molar-refractivity contribution in [2.45, 2.75) is 26.4 Å². The molecule has 2 heterocycles. The van der Waals surface area contributed by atoms with Gasteiger partial charge in [-0.1, -0.05) is 17.7 Å². The fourth-order valence-electron chi connectivity index (χ4n) is 2.48. The van der Waals surface area contributed by atoms with E-state index in [1.54, 1.807) is 18.2 Å². The van der Waals surface area contributed by atoms with E-state index in [2.05, 4.69) is 10.2 Å². The van der Waals surface area contributed by atoms with Crippen molar-refractivity contribution < 1.29 is 13.6 Å². The van der Waals surface area contributed by atoms with Crippen molar-refractivity contribution in [3.05, 3.63) is 46.0 Å². The van der Waals surface area contributed by atoms with E-state index in [-0.39, 0.29) is 24.8 Å². The third-order valence-corrected chi connectivity index (χ3v) is 3.93. The summed E-state index contributed by atoms with van der Waals surface area (Å²) in [6.07, 6.45) is -2.67. The molecule has 0 N–H and O–H groups in total. The highest BCUT2D eigenvalue weighted by atomic mass is 35.5. The maximum atomic E-state index is 12.8. The Morgan fingerprint density at radius 1 is 1.32 bits per heavy atom. The molecular weight excluding hydrogens is 314 g/mol. The molecule has 5 nitrogen and oxygen atoms in total. The maximum absolute atomic E-state index is 12.8. The Kier molecular flexibility index (Phi) is 3.82. The number of amides is 1. The van der Waals surface area contributed by atoms with Crippen LogP contribution >= 0.6 is 11.6 Å². The van der Waals surface area contributed by atoms with Gasteiger partial charge in [-0.05, 0) is 24.6 Å². The molecule has 0 unspecified atom stereocenters. The smallest absolute Gasteiger partial charge is 0.297 e. The molecule has 0 aliphatic carbocycles. The Balaban J connectivity index is 1.84. The van der Waals surface area contributed by atoms with E-state index < -0.39 is 6.43 Å². The zero-order chi connectivity index (χ0) is 15.9. The van der Waals surface area contributed by atoms with Crippen LogP contribution in [0.5, 0.6) is 0 Å². The second-order valence-electron chi connectivity index (χ2n) is 5.14. The molecular formula is C14H13ClF2N4O. The molecule has 22 heavy (non-hydrogen) atoms. The van der Waals surface area contributed by atoms with Gasteiger partial charge >= 0.3 is 0 Å². The molecule has 2 aromatic rings. The van der Waals surface area contributed by atoms with E-state index in [4.69, 9.17) is 11.6 Å². The Bertz CT molecular complexity index is 732. The van der Waals surface area contributed by atoms with Crippen LogP contribution in [-0.4, -0.2) is 32.1 Å². The van der Waals surface area contributed by atoms with E-state index in [1.807, 2.05) is 6.92 Å². The molecule has 0 radical (unpaired) electrons. The summed E-state index contributed by atoms with van der Waals surface area (Å²) in [6, 6.07) is 5.19. The predicted molar refractivity (Wildman–Crippen MR) is 75.9 cm³/mol. The summed E-state index contributed by atoms with van der Waals surface area (Å²) in [4.78, 5) is 14.1. The van der Waals surface area contributed by atoms with Crippen LogP contribution < -0.4 is 0 Å². The van der Waals surface area contributed by atoms with E-state index in [1.165, 1.54) is 9.47 Å². The number of benzene rings is 1. The first-order chi connectivity index (χ1) is 10.5. The lowest BCUT2D eigenvalue weighted by Crippen LogP contribution is -2.39. The fourth-order valence-corrected chi connectivity index (χ4v) is 2.79. The number of halogens is 3. The second-order valence-corrected chi connectivity index (χ2v) is 5.54. The monoisotopic (exact) mass is 326 g/mol. The number of rotatable bonds is 2. The molecule has 0 bridgehead atoms. The summed E-state index contributed by atoms with van der Waals surface area (Å²) in [7, 11) is 0. The minimum atomic E-state index is -2.67. The van der Waals surface area contributed by atoms with Gasteiger partial charge in [0.25, 0.3) is 12.3 Å². The lowest BCUT2D eigenvalue weighted by molar-refractivity contribution is 0.0699. The van der Waals surface area contributed by atoms with Crippen molar-refractivity contribution in [1.29, 1.82) is 0 Å². The van der Waals surface area contributed by atoms with Gasteiger partial charge in [-0.25, -0.2) is 8.78 Å². The number of carbonyl (C=O) groups is 1. The maximum Gasteiger partial charge on any atom is 0.297 e. The van der Waals surface area contributed by atoms with E-state index in [9.17, 15) is 13.6 Å². The van der Waals surface area contributed by atoms with Gasteiger partial charge < -0.3 is 9.47 Å². The Hall–Kier alpha value is -2.02. The van der Waals surface area contributed by atoms with Gasteiger partial charge in [-0.3, -0.25) is 4.79 Å². The van der Waals surface area contributed by atoms with Crippen LogP contribution in [0.4, 0.5) is 8.78 Å². The summed E-state index contributed by atoms with van der Waals surface area (Å²) in [5.74, 6) is -0.230. The molecule has 1 aliphatic heterocycles. The fraction of sp³-hybridized carbons (Fsp3) is 0.357. The van der Waals surface area contributed by atoms with Crippen molar-refractivity contribution in [3.8, 4) is 0 Å². The largest absolute Gasteiger partial charge is 0.329 e. The highest BCUT2D eigenvalue weighted by Crippen LogP contribution is 2.24.